The number of hydrogen-bond donors (Lipinski definition) is 2. The predicted molar refractivity (Wildman–Crippen MR) is 68.7 cm³/mol. The molecule has 0 spiro atoms. The van der Waals surface area contributed by atoms with E-state index in [0.29, 0.717) is 13.1 Å². The van der Waals surface area contributed by atoms with Crippen molar-refractivity contribution in [3.8, 4) is 0 Å². The largest absolute Gasteiger partial charge is 0.349 e. The van der Waals surface area contributed by atoms with Crippen LogP contribution >= 0.6 is 11.3 Å². The minimum Gasteiger partial charge on any atom is -0.349 e. The summed E-state index contributed by atoms with van der Waals surface area (Å²) in [6.07, 6.45) is 4.07. The molecule has 5 heteroatoms. The number of thiazole rings is 1. The van der Waals surface area contributed by atoms with E-state index in [-0.39, 0.29) is 11.3 Å². The number of nitrogens with two attached hydrogens (primary N) is 1. The Hall–Kier alpha value is -0.940. The van der Waals surface area contributed by atoms with Crippen molar-refractivity contribution < 1.29 is 4.79 Å². The summed E-state index contributed by atoms with van der Waals surface area (Å²) in [5.74, 6) is 0.102. The summed E-state index contributed by atoms with van der Waals surface area (Å²) in [5.41, 5.74) is 6.46. The van der Waals surface area contributed by atoms with Crippen molar-refractivity contribution in [1.82, 2.24) is 10.3 Å². The topological polar surface area (TPSA) is 68.0 Å². The molecule has 0 saturated heterocycles. The number of nitrogens with zero attached hydrogens (tertiary/aromatic N) is 1. The Bertz CT molecular complexity index is 396. The van der Waals surface area contributed by atoms with Gasteiger partial charge in [-0.2, -0.15) is 0 Å². The van der Waals surface area contributed by atoms with E-state index in [1.54, 1.807) is 11.3 Å². The Morgan fingerprint density at radius 3 is 2.82 bits per heavy atom. The fraction of sp³-hybridized carbons (Fsp3) is 0.667. The molecule has 17 heavy (non-hydrogen) atoms. The second-order valence-corrected chi connectivity index (χ2v) is 5.70. The number of aromatic nitrogens is 1. The molecule has 1 aliphatic rings. The number of aryl methyl sites for hydroxylation is 1. The lowest BCUT2D eigenvalue weighted by Crippen LogP contribution is -2.43. The van der Waals surface area contributed by atoms with Gasteiger partial charge in [0.15, 0.2) is 0 Å². The van der Waals surface area contributed by atoms with Crippen LogP contribution in [0.4, 0.5) is 0 Å². The van der Waals surface area contributed by atoms with Crippen LogP contribution in [0.1, 0.15) is 36.4 Å². The maximum atomic E-state index is 12.2. The van der Waals surface area contributed by atoms with E-state index in [0.717, 1.165) is 36.4 Å². The smallest absolute Gasteiger partial charge is 0.227 e. The Morgan fingerprint density at radius 2 is 2.29 bits per heavy atom. The molecule has 1 heterocycles. The highest BCUT2D eigenvalue weighted by Gasteiger charge is 2.39. The van der Waals surface area contributed by atoms with E-state index >= 15 is 0 Å². The molecule has 1 aliphatic carbocycles. The lowest BCUT2D eigenvalue weighted by Gasteiger charge is -2.25. The molecule has 3 N–H and O–H groups in total. The quantitative estimate of drug-likeness (QED) is 0.856. The Kier molecular flexibility index (Phi) is 3.79. The van der Waals surface area contributed by atoms with E-state index in [1.165, 1.54) is 0 Å². The lowest BCUT2D eigenvalue weighted by molar-refractivity contribution is -0.130. The SMILES string of the molecule is Cc1csc(CNC(=O)C2(CN)CCCC2)n1. The first kappa shape index (κ1) is 12.5. The molecule has 1 fully saturated rings. The molecule has 2 rings (SSSR count). The third kappa shape index (κ3) is 2.66. The fourth-order valence-electron chi connectivity index (χ4n) is 2.40. The van der Waals surface area contributed by atoms with Crippen LogP contribution < -0.4 is 11.1 Å². The minimum absolute atomic E-state index is 0.102. The summed E-state index contributed by atoms with van der Waals surface area (Å²) in [4.78, 5) is 16.5. The van der Waals surface area contributed by atoms with E-state index in [2.05, 4.69) is 10.3 Å². The van der Waals surface area contributed by atoms with Crippen LogP contribution in [-0.4, -0.2) is 17.4 Å². The van der Waals surface area contributed by atoms with Gasteiger partial charge in [-0.25, -0.2) is 4.98 Å². The Balaban J connectivity index is 1.92. The first-order chi connectivity index (χ1) is 8.16. The van der Waals surface area contributed by atoms with E-state index in [1.807, 2.05) is 12.3 Å². The number of nitrogens with one attached hydrogen (secondary N) is 1. The monoisotopic (exact) mass is 253 g/mol. The molecule has 0 unspecified atom stereocenters. The number of hydrogen-bond acceptors (Lipinski definition) is 4. The number of carbonyl (C=O) groups excluding carboxylic acids is 1. The van der Waals surface area contributed by atoms with E-state index in [4.69, 9.17) is 5.73 Å². The molecule has 1 aromatic rings. The standard InChI is InChI=1S/C12H19N3OS/c1-9-7-17-10(15-9)6-14-11(16)12(8-13)4-2-3-5-12/h7H,2-6,8,13H2,1H3,(H,14,16). The first-order valence-corrected chi connectivity index (χ1v) is 6.94. The second kappa shape index (κ2) is 5.14. The highest BCUT2D eigenvalue weighted by Crippen LogP contribution is 2.37. The Morgan fingerprint density at radius 1 is 1.59 bits per heavy atom. The van der Waals surface area contributed by atoms with Gasteiger partial charge in [0.2, 0.25) is 5.91 Å². The van der Waals surface area contributed by atoms with Crippen LogP contribution in [0.3, 0.4) is 0 Å². The van der Waals surface area contributed by atoms with Crippen molar-refractivity contribution >= 4 is 17.2 Å². The van der Waals surface area contributed by atoms with Gasteiger partial charge in [0.25, 0.3) is 0 Å². The van der Waals surface area contributed by atoms with Crippen molar-refractivity contribution in [3.63, 3.8) is 0 Å². The van der Waals surface area contributed by atoms with Crippen molar-refractivity contribution in [1.29, 1.82) is 0 Å². The highest BCUT2D eigenvalue weighted by atomic mass is 32.1. The van der Waals surface area contributed by atoms with Crippen molar-refractivity contribution in [2.75, 3.05) is 6.54 Å². The predicted octanol–water partition coefficient (Wildman–Crippen LogP) is 1.59. The molecule has 1 saturated carbocycles. The zero-order valence-electron chi connectivity index (χ0n) is 10.2. The molecule has 0 atom stereocenters. The molecule has 0 aliphatic heterocycles. The minimum atomic E-state index is -0.313. The molecule has 4 nitrogen and oxygen atoms in total. The van der Waals surface area contributed by atoms with Gasteiger partial charge in [-0.1, -0.05) is 12.8 Å². The van der Waals surface area contributed by atoms with Crippen molar-refractivity contribution in [2.45, 2.75) is 39.2 Å². The van der Waals surface area contributed by atoms with Crippen LogP contribution in [0.5, 0.6) is 0 Å². The van der Waals surface area contributed by atoms with Crippen molar-refractivity contribution in [3.05, 3.63) is 16.1 Å². The maximum absolute atomic E-state index is 12.2. The van der Waals surface area contributed by atoms with Gasteiger partial charge < -0.3 is 11.1 Å². The molecular formula is C12H19N3OS. The van der Waals surface area contributed by atoms with Crippen LogP contribution in [0.15, 0.2) is 5.38 Å². The summed E-state index contributed by atoms with van der Waals surface area (Å²) in [6.45, 7) is 2.94. The molecule has 0 bridgehead atoms. The molecular weight excluding hydrogens is 234 g/mol. The Labute approximate surface area is 106 Å². The van der Waals surface area contributed by atoms with Crippen LogP contribution in [0.25, 0.3) is 0 Å². The average molecular weight is 253 g/mol. The summed E-state index contributed by atoms with van der Waals surface area (Å²) < 4.78 is 0. The summed E-state index contributed by atoms with van der Waals surface area (Å²) in [5, 5.41) is 5.93. The van der Waals surface area contributed by atoms with Gasteiger partial charge in [0.05, 0.1) is 12.0 Å². The zero-order valence-corrected chi connectivity index (χ0v) is 11.0. The summed E-state index contributed by atoms with van der Waals surface area (Å²) in [7, 11) is 0. The van der Waals surface area contributed by atoms with Gasteiger partial charge in [0.1, 0.15) is 5.01 Å². The molecule has 1 aromatic heterocycles. The highest BCUT2D eigenvalue weighted by molar-refractivity contribution is 7.09. The van der Waals surface area contributed by atoms with Gasteiger partial charge >= 0.3 is 0 Å². The molecule has 0 radical (unpaired) electrons. The van der Waals surface area contributed by atoms with Gasteiger partial charge in [-0.05, 0) is 19.8 Å². The number of carbonyl (C=O) groups is 1. The third-order valence-corrected chi connectivity index (χ3v) is 4.47. The van der Waals surface area contributed by atoms with E-state index in [9.17, 15) is 4.79 Å². The van der Waals surface area contributed by atoms with E-state index < -0.39 is 0 Å². The normalized spacial score (nSPS) is 18.2. The van der Waals surface area contributed by atoms with Crippen LogP contribution in [0.2, 0.25) is 0 Å². The molecule has 0 aromatic carbocycles. The average Bonchev–Trinajstić information content (AvgIpc) is 2.95. The summed E-state index contributed by atoms with van der Waals surface area (Å²) in [6, 6.07) is 0. The van der Waals surface area contributed by atoms with Crippen molar-refractivity contribution in [2.24, 2.45) is 11.1 Å². The first-order valence-electron chi connectivity index (χ1n) is 6.06. The van der Waals surface area contributed by atoms with Gasteiger partial charge in [-0.15, -0.1) is 11.3 Å². The maximum Gasteiger partial charge on any atom is 0.227 e. The lowest BCUT2D eigenvalue weighted by atomic mass is 9.85. The van der Waals surface area contributed by atoms with Gasteiger partial charge in [0, 0.05) is 17.6 Å². The number of rotatable bonds is 4. The molecule has 1 amide bonds. The zero-order chi connectivity index (χ0) is 12.3. The summed E-state index contributed by atoms with van der Waals surface area (Å²) >= 11 is 1.58. The van der Waals surface area contributed by atoms with Crippen LogP contribution in [0, 0.1) is 12.3 Å². The van der Waals surface area contributed by atoms with Crippen LogP contribution in [-0.2, 0) is 11.3 Å². The second-order valence-electron chi connectivity index (χ2n) is 4.76. The van der Waals surface area contributed by atoms with Gasteiger partial charge in [-0.3, -0.25) is 4.79 Å². The third-order valence-electron chi connectivity index (χ3n) is 3.50. The molecule has 94 valence electrons. The fourth-order valence-corrected chi connectivity index (χ4v) is 3.11. The number of amides is 1.